The van der Waals surface area contributed by atoms with E-state index in [1.54, 1.807) is 24.3 Å². The minimum atomic E-state index is -3.55. The number of hydrogen-bond donors (Lipinski definition) is 0. The lowest BCUT2D eigenvalue weighted by molar-refractivity contribution is 0.470. The quantitative estimate of drug-likeness (QED) is 0.388. The number of benzene rings is 3. The van der Waals surface area contributed by atoms with Gasteiger partial charge in [-0.2, -0.15) is 0 Å². The highest BCUT2D eigenvalue weighted by Crippen LogP contribution is 2.43. The number of sulfone groups is 1. The van der Waals surface area contributed by atoms with Gasteiger partial charge >= 0.3 is 0 Å². The van der Waals surface area contributed by atoms with E-state index in [1.165, 1.54) is 6.26 Å². The van der Waals surface area contributed by atoms with Gasteiger partial charge in [-0.1, -0.05) is 64.5 Å². The van der Waals surface area contributed by atoms with Crippen molar-refractivity contribution in [1.29, 1.82) is 0 Å². The maximum Gasteiger partial charge on any atom is 0.182 e. The number of halogens is 2. The summed E-state index contributed by atoms with van der Waals surface area (Å²) < 4.78 is 33.6. The molecule has 1 aliphatic rings. The van der Waals surface area contributed by atoms with E-state index in [-0.39, 0.29) is 10.6 Å². The van der Waals surface area contributed by atoms with Crippen LogP contribution in [0.3, 0.4) is 0 Å². The topological polar surface area (TPSA) is 43.4 Å². The highest BCUT2D eigenvalue weighted by atomic mass is 79.9. The van der Waals surface area contributed by atoms with Gasteiger partial charge in [0, 0.05) is 25.7 Å². The Hall–Kier alpha value is -2.15. The lowest BCUT2D eigenvalue weighted by atomic mass is 9.95. The highest BCUT2D eigenvalue weighted by molar-refractivity contribution is 9.15. The predicted octanol–water partition coefficient (Wildman–Crippen LogP) is 6.46. The molecular formula is C23H16Br2O3S. The highest BCUT2D eigenvalue weighted by Gasteiger charge is 2.27. The molecule has 0 aliphatic carbocycles. The zero-order valence-corrected chi connectivity index (χ0v) is 19.2. The van der Waals surface area contributed by atoms with Gasteiger partial charge in [-0.3, -0.25) is 0 Å². The molecule has 4 rings (SSSR count). The van der Waals surface area contributed by atoms with Crippen LogP contribution in [0.25, 0.3) is 10.1 Å². The zero-order valence-electron chi connectivity index (χ0n) is 15.2. The van der Waals surface area contributed by atoms with Crippen molar-refractivity contribution in [3.63, 3.8) is 0 Å². The van der Waals surface area contributed by atoms with Gasteiger partial charge in [-0.05, 0) is 51.8 Å². The number of rotatable bonds is 4. The van der Waals surface area contributed by atoms with Gasteiger partial charge in [0.05, 0.1) is 16.9 Å². The van der Waals surface area contributed by atoms with E-state index in [4.69, 9.17) is 4.74 Å². The van der Waals surface area contributed by atoms with Crippen LogP contribution >= 0.6 is 31.9 Å². The molecule has 3 aromatic rings. The Labute approximate surface area is 186 Å². The second-order valence-electron chi connectivity index (χ2n) is 6.53. The summed E-state index contributed by atoms with van der Waals surface area (Å²) in [6.45, 7) is 0. The van der Waals surface area contributed by atoms with Crippen molar-refractivity contribution in [1.82, 2.24) is 0 Å². The van der Waals surface area contributed by atoms with Gasteiger partial charge in [-0.15, -0.1) is 0 Å². The number of ether oxygens (including phenoxy) is 1. The van der Waals surface area contributed by atoms with Crippen molar-refractivity contribution in [2.75, 3.05) is 5.75 Å². The second-order valence-corrected chi connectivity index (χ2v) is 10.2. The van der Waals surface area contributed by atoms with E-state index >= 15 is 0 Å². The summed E-state index contributed by atoms with van der Waals surface area (Å²) in [6, 6.07) is 24.1. The summed E-state index contributed by atoms with van der Waals surface area (Å²) in [7, 11) is -3.55. The van der Waals surface area contributed by atoms with Gasteiger partial charge < -0.3 is 4.74 Å². The van der Waals surface area contributed by atoms with Gasteiger partial charge in [0.1, 0.15) is 5.75 Å². The van der Waals surface area contributed by atoms with Crippen LogP contribution in [0.5, 0.6) is 5.75 Å². The molecular weight excluding hydrogens is 516 g/mol. The lowest BCUT2D eigenvalue weighted by Crippen LogP contribution is -2.14. The van der Waals surface area contributed by atoms with E-state index in [2.05, 4.69) is 31.9 Å². The molecule has 3 aromatic carbocycles. The minimum Gasteiger partial charge on any atom is -0.464 e. The number of allylic oxidation sites excluding steroid dienone is 1. The number of para-hydroxylation sites is 1. The molecule has 0 unspecified atom stereocenters. The molecule has 0 saturated heterocycles. The largest absolute Gasteiger partial charge is 0.464 e. The summed E-state index contributed by atoms with van der Waals surface area (Å²) in [6.07, 6.45) is 1.54. The van der Waals surface area contributed by atoms with Crippen molar-refractivity contribution in [3.8, 4) is 5.75 Å². The molecule has 0 atom stereocenters. The van der Waals surface area contributed by atoms with Gasteiger partial charge in [0.25, 0.3) is 0 Å². The molecule has 0 N–H and O–H groups in total. The molecule has 29 heavy (non-hydrogen) atoms. The average molecular weight is 532 g/mol. The predicted molar refractivity (Wildman–Crippen MR) is 124 cm³/mol. The molecule has 1 aliphatic heterocycles. The Morgan fingerprint density at radius 2 is 1.52 bits per heavy atom. The van der Waals surface area contributed by atoms with Crippen LogP contribution < -0.4 is 4.74 Å². The standard InChI is InChI=1S/C23H16Br2O3S/c24-18-10-12-19(13-11-18)29(26,27)15-17-14-28-21-9-5-4-8-20(21)22(17)23(25)16-6-2-1-3-7-16/h1-14H,15H2/b23-22-. The molecule has 0 spiro atoms. The van der Waals surface area contributed by atoms with Crippen LogP contribution in [0.1, 0.15) is 11.1 Å². The van der Waals surface area contributed by atoms with Crippen molar-refractivity contribution in [2.24, 2.45) is 0 Å². The summed E-state index contributed by atoms with van der Waals surface area (Å²) in [5.41, 5.74) is 3.24. The molecule has 0 amide bonds. The maximum absolute atomic E-state index is 13.1. The van der Waals surface area contributed by atoms with Crippen LogP contribution in [-0.2, 0) is 9.84 Å². The number of hydrogen-bond acceptors (Lipinski definition) is 3. The minimum absolute atomic E-state index is 0.166. The fourth-order valence-electron chi connectivity index (χ4n) is 3.17. The van der Waals surface area contributed by atoms with Crippen molar-refractivity contribution < 1.29 is 13.2 Å². The van der Waals surface area contributed by atoms with E-state index in [0.717, 1.165) is 25.7 Å². The van der Waals surface area contributed by atoms with Gasteiger partial charge in [-0.25, -0.2) is 8.42 Å². The Bertz CT molecular complexity index is 1210. The fourth-order valence-corrected chi connectivity index (χ4v) is 5.50. The van der Waals surface area contributed by atoms with Crippen molar-refractivity contribution in [2.45, 2.75) is 4.90 Å². The Morgan fingerprint density at radius 1 is 0.862 bits per heavy atom. The van der Waals surface area contributed by atoms with E-state index in [9.17, 15) is 8.42 Å². The van der Waals surface area contributed by atoms with Gasteiger partial charge in [0.15, 0.2) is 9.84 Å². The first kappa shape index (κ1) is 20.1. The van der Waals surface area contributed by atoms with E-state index < -0.39 is 9.84 Å². The van der Waals surface area contributed by atoms with E-state index in [0.29, 0.717) is 11.3 Å². The molecule has 1 heterocycles. The van der Waals surface area contributed by atoms with Crippen LogP contribution in [0.15, 0.2) is 100 Å². The monoisotopic (exact) mass is 530 g/mol. The average Bonchev–Trinajstić information content (AvgIpc) is 2.74. The summed E-state index contributed by atoms with van der Waals surface area (Å²) in [4.78, 5) is 0.274. The smallest absolute Gasteiger partial charge is 0.182 e. The SMILES string of the molecule is O=S(=O)(CC1=COc2ccccc2/C1=C(\Br)c1ccccc1)c1ccc(Br)cc1. The van der Waals surface area contributed by atoms with E-state index in [1.807, 2.05) is 54.6 Å². The Morgan fingerprint density at radius 3 is 2.24 bits per heavy atom. The summed E-state index contributed by atoms with van der Waals surface area (Å²) in [5, 5.41) is 0. The molecule has 0 fully saturated rings. The third-order valence-corrected chi connectivity index (χ3v) is 7.64. The van der Waals surface area contributed by atoms with Gasteiger partial charge in [0.2, 0.25) is 0 Å². The fraction of sp³-hybridized carbons (Fsp3) is 0.0435. The Kier molecular flexibility index (Phi) is 5.76. The third kappa shape index (κ3) is 4.25. The first-order valence-corrected chi connectivity index (χ1v) is 12.1. The zero-order chi connectivity index (χ0) is 20.4. The molecule has 0 bridgehead atoms. The maximum atomic E-state index is 13.1. The summed E-state index contributed by atoms with van der Waals surface area (Å²) >= 11 is 7.06. The van der Waals surface area contributed by atoms with Crippen molar-refractivity contribution >= 4 is 51.8 Å². The molecule has 146 valence electrons. The second kappa shape index (κ2) is 8.30. The molecule has 6 heteroatoms. The summed E-state index contributed by atoms with van der Waals surface area (Å²) in [5.74, 6) is 0.528. The normalized spacial score (nSPS) is 15.2. The first-order chi connectivity index (χ1) is 14.0. The molecule has 0 radical (unpaired) electrons. The molecule has 0 aromatic heterocycles. The molecule has 0 saturated carbocycles. The first-order valence-electron chi connectivity index (χ1n) is 8.85. The Balaban J connectivity index is 1.82. The van der Waals surface area contributed by atoms with Crippen LogP contribution in [0, 0.1) is 0 Å². The van der Waals surface area contributed by atoms with Crippen LogP contribution in [0.4, 0.5) is 0 Å². The lowest BCUT2D eigenvalue weighted by Gasteiger charge is -2.22. The molecule has 3 nitrogen and oxygen atoms in total. The third-order valence-electron chi connectivity index (χ3n) is 4.57. The van der Waals surface area contributed by atoms with Crippen LogP contribution in [0.2, 0.25) is 0 Å². The number of fused-ring (bicyclic) bond motifs is 1. The van der Waals surface area contributed by atoms with Crippen LogP contribution in [-0.4, -0.2) is 14.2 Å². The van der Waals surface area contributed by atoms with Crippen molar-refractivity contribution in [3.05, 3.63) is 106 Å².